The standard InChI is InChI=1S/C9H10O2.C8H11N.C8H8O2.C5H12N2O2/c1-2-11-9-5-3-8(7-10)4-6-9;9-7-6-8-4-2-1-3-5-8;9-8(10)6-7-4-2-1-3-5-7;6-3-1-2-4(7)5(8)9/h3-7H,2H2,1H3;1-5H,6-7,9H2;1-5H,6H2,(H,9,10);4H,1-3,6-7H2,(H,8,9)/t;;;4-/m...0/s1. The van der Waals surface area contributed by atoms with Gasteiger partial charge in [0.15, 0.2) is 0 Å². The van der Waals surface area contributed by atoms with Gasteiger partial charge in [-0.25, -0.2) is 0 Å². The Morgan fingerprint density at radius 3 is 1.79 bits per heavy atom. The van der Waals surface area contributed by atoms with Crippen molar-refractivity contribution in [3.05, 3.63) is 102 Å². The number of hydrogen-bond acceptors (Lipinski definition) is 7. The average molecular weight is 540 g/mol. The third-order valence-corrected chi connectivity index (χ3v) is 4.84. The molecule has 0 radical (unpaired) electrons. The second-order valence-corrected chi connectivity index (χ2v) is 8.08. The number of carboxylic acids is 2. The van der Waals surface area contributed by atoms with Gasteiger partial charge in [-0.2, -0.15) is 0 Å². The minimum absolute atomic E-state index is 0.112. The lowest BCUT2D eigenvalue weighted by molar-refractivity contribution is -0.139. The smallest absolute Gasteiger partial charge is 0.320 e. The SMILES string of the molecule is CCOc1ccc(C=O)cc1.NCCC[C@H](N)C(=O)O.NCCc1ccccc1.O=C(O)Cc1ccccc1. The highest BCUT2D eigenvalue weighted by Crippen LogP contribution is 2.10. The van der Waals surface area contributed by atoms with Gasteiger partial charge in [0.2, 0.25) is 0 Å². The van der Waals surface area contributed by atoms with E-state index in [0.717, 1.165) is 30.6 Å². The van der Waals surface area contributed by atoms with E-state index in [1.807, 2.05) is 43.3 Å². The molecule has 0 amide bonds. The largest absolute Gasteiger partial charge is 0.494 e. The molecule has 3 aromatic carbocycles. The van der Waals surface area contributed by atoms with E-state index in [1.165, 1.54) is 5.56 Å². The molecule has 0 saturated carbocycles. The van der Waals surface area contributed by atoms with Crippen molar-refractivity contribution >= 4 is 18.2 Å². The summed E-state index contributed by atoms with van der Waals surface area (Å²) in [6.07, 6.45) is 3.05. The zero-order valence-electron chi connectivity index (χ0n) is 22.4. The van der Waals surface area contributed by atoms with Crippen molar-refractivity contribution in [2.45, 2.75) is 38.6 Å². The zero-order valence-corrected chi connectivity index (χ0v) is 22.4. The Bertz CT molecular complexity index is 1030. The molecule has 0 aliphatic heterocycles. The summed E-state index contributed by atoms with van der Waals surface area (Å²) in [5, 5.41) is 16.6. The number of rotatable bonds is 11. The zero-order chi connectivity index (χ0) is 29.3. The Morgan fingerprint density at radius 2 is 1.38 bits per heavy atom. The predicted molar refractivity (Wildman–Crippen MR) is 154 cm³/mol. The van der Waals surface area contributed by atoms with Crippen molar-refractivity contribution in [3.8, 4) is 5.75 Å². The molecule has 0 bridgehead atoms. The van der Waals surface area contributed by atoms with E-state index in [-0.39, 0.29) is 6.42 Å². The van der Waals surface area contributed by atoms with E-state index in [0.29, 0.717) is 31.6 Å². The van der Waals surface area contributed by atoms with Gasteiger partial charge in [0.05, 0.1) is 13.0 Å². The average Bonchev–Trinajstić information content (AvgIpc) is 2.94. The maximum absolute atomic E-state index is 10.2. The van der Waals surface area contributed by atoms with Gasteiger partial charge in [0, 0.05) is 5.56 Å². The maximum Gasteiger partial charge on any atom is 0.320 e. The number of ether oxygens (including phenoxy) is 1. The first kappa shape index (κ1) is 35.0. The summed E-state index contributed by atoms with van der Waals surface area (Å²) in [5.74, 6) is -0.937. The summed E-state index contributed by atoms with van der Waals surface area (Å²) < 4.78 is 5.19. The Kier molecular flexibility index (Phi) is 20.7. The van der Waals surface area contributed by atoms with E-state index in [4.69, 9.17) is 32.2 Å². The molecule has 8 N–H and O–H groups in total. The summed E-state index contributed by atoms with van der Waals surface area (Å²) in [7, 11) is 0. The first-order valence-electron chi connectivity index (χ1n) is 12.6. The predicted octanol–water partition coefficient (Wildman–Crippen LogP) is 3.54. The minimum atomic E-state index is -0.955. The normalized spacial score (nSPS) is 10.2. The number of carbonyl (C=O) groups excluding carboxylic acids is 1. The maximum atomic E-state index is 10.2. The van der Waals surface area contributed by atoms with Crippen LogP contribution < -0.4 is 21.9 Å². The number of aldehydes is 1. The molecule has 39 heavy (non-hydrogen) atoms. The summed E-state index contributed by atoms with van der Waals surface area (Å²) in [6, 6.07) is 25.7. The second-order valence-electron chi connectivity index (χ2n) is 8.08. The van der Waals surface area contributed by atoms with Gasteiger partial charge in [-0.3, -0.25) is 14.4 Å². The molecule has 3 rings (SSSR count). The van der Waals surface area contributed by atoms with E-state index in [2.05, 4.69) is 12.1 Å². The highest BCUT2D eigenvalue weighted by Gasteiger charge is 2.08. The molecule has 0 saturated heterocycles. The minimum Gasteiger partial charge on any atom is -0.494 e. The molecule has 212 valence electrons. The number of aliphatic carboxylic acids is 2. The molecule has 0 spiro atoms. The van der Waals surface area contributed by atoms with Crippen molar-refractivity contribution in [1.82, 2.24) is 0 Å². The van der Waals surface area contributed by atoms with Crippen LogP contribution in [0.1, 0.15) is 41.3 Å². The number of carbonyl (C=O) groups is 3. The summed E-state index contributed by atoms with van der Waals surface area (Å²) >= 11 is 0. The molecule has 0 heterocycles. The van der Waals surface area contributed by atoms with Crippen LogP contribution in [0.15, 0.2) is 84.9 Å². The first-order chi connectivity index (χ1) is 18.8. The molecule has 1 atom stereocenters. The van der Waals surface area contributed by atoms with Crippen LogP contribution in [0.25, 0.3) is 0 Å². The third-order valence-electron chi connectivity index (χ3n) is 4.84. The van der Waals surface area contributed by atoms with Gasteiger partial charge in [-0.05, 0) is 74.7 Å². The molecule has 0 aliphatic carbocycles. The van der Waals surface area contributed by atoms with Crippen LogP contribution in [0.5, 0.6) is 5.75 Å². The van der Waals surface area contributed by atoms with Crippen LogP contribution in [0.4, 0.5) is 0 Å². The van der Waals surface area contributed by atoms with Crippen molar-refractivity contribution in [2.75, 3.05) is 19.7 Å². The van der Waals surface area contributed by atoms with Gasteiger partial charge in [0.25, 0.3) is 0 Å². The van der Waals surface area contributed by atoms with Crippen LogP contribution in [0.3, 0.4) is 0 Å². The van der Waals surface area contributed by atoms with Gasteiger partial charge in [-0.15, -0.1) is 0 Å². The van der Waals surface area contributed by atoms with Crippen molar-refractivity contribution in [2.24, 2.45) is 17.2 Å². The Morgan fingerprint density at radius 1 is 0.846 bits per heavy atom. The van der Waals surface area contributed by atoms with Crippen LogP contribution in [0.2, 0.25) is 0 Å². The monoisotopic (exact) mass is 539 g/mol. The Labute approximate surface area is 230 Å². The van der Waals surface area contributed by atoms with E-state index >= 15 is 0 Å². The molecule has 0 aromatic heterocycles. The van der Waals surface area contributed by atoms with Crippen LogP contribution in [0, 0.1) is 0 Å². The lowest BCUT2D eigenvalue weighted by Gasteiger charge is -2.02. The van der Waals surface area contributed by atoms with Gasteiger partial charge in [0.1, 0.15) is 18.1 Å². The molecule has 0 unspecified atom stereocenters. The highest BCUT2D eigenvalue weighted by atomic mass is 16.5. The highest BCUT2D eigenvalue weighted by molar-refractivity contribution is 5.74. The molecular formula is C30H41N3O6. The lowest BCUT2D eigenvalue weighted by Crippen LogP contribution is -2.30. The fourth-order valence-corrected chi connectivity index (χ4v) is 2.85. The molecule has 0 fully saturated rings. The molecule has 9 heteroatoms. The number of benzene rings is 3. The fourth-order valence-electron chi connectivity index (χ4n) is 2.85. The summed E-state index contributed by atoms with van der Waals surface area (Å²) in [5.41, 5.74) is 18.5. The molecule has 0 aliphatic rings. The van der Waals surface area contributed by atoms with E-state index < -0.39 is 18.0 Å². The molecule has 9 nitrogen and oxygen atoms in total. The lowest BCUT2D eigenvalue weighted by atomic mass is 10.2. The van der Waals surface area contributed by atoms with Crippen molar-refractivity contribution in [3.63, 3.8) is 0 Å². The number of carboxylic acid groups (broad SMARTS) is 2. The first-order valence-corrected chi connectivity index (χ1v) is 12.6. The Hall–Kier alpha value is -4.05. The number of hydrogen-bond donors (Lipinski definition) is 5. The van der Waals surface area contributed by atoms with E-state index in [9.17, 15) is 14.4 Å². The van der Waals surface area contributed by atoms with E-state index in [1.54, 1.807) is 36.4 Å². The summed E-state index contributed by atoms with van der Waals surface area (Å²) in [6.45, 7) is 3.82. The quantitative estimate of drug-likeness (QED) is 0.228. The second kappa shape index (κ2) is 23.1. The molecular weight excluding hydrogens is 498 g/mol. The van der Waals surface area contributed by atoms with Crippen molar-refractivity contribution in [1.29, 1.82) is 0 Å². The van der Waals surface area contributed by atoms with Crippen LogP contribution in [-0.4, -0.2) is 54.2 Å². The Balaban J connectivity index is 0.000000496. The third kappa shape index (κ3) is 19.7. The van der Waals surface area contributed by atoms with Gasteiger partial charge >= 0.3 is 11.9 Å². The van der Waals surface area contributed by atoms with Crippen molar-refractivity contribution < 1.29 is 29.3 Å². The van der Waals surface area contributed by atoms with Gasteiger partial charge < -0.3 is 32.2 Å². The topological polar surface area (TPSA) is 179 Å². The number of nitrogens with two attached hydrogens (primary N) is 3. The van der Waals surface area contributed by atoms with Gasteiger partial charge in [-0.1, -0.05) is 60.7 Å². The summed E-state index contributed by atoms with van der Waals surface area (Å²) in [4.78, 5) is 30.4. The molecule has 3 aromatic rings. The van der Waals surface area contributed by atoms with Crippen LogP contribution in [-0.2, 0) is 22.4 Å². The van der Waals surface area contributed by atoms with Crippen LogP contribution >= 0.6 is 0 Å². The fraction of sp³-hybridized carbons (Fsp3) is 0.300.